The molecule has 2 aromatic rings. The number of sulfonamides is 2. The molecule has 2 aromatic carbocycles. The van der Waals surface area contributed by atoms with E-state index < -0.39 is 26.0 Å². The number of carbonyl (C=O) groups is 1. The SMILES string of the molecule is CC(C)(C)c1ccc(C(=O)NNS(=O)(=O)c2cccc(S(N)(=O)=O)c2)cc1. The molecule has 0 atom stereocenters. The number of hydrazine groups is 1. The summed E-state index contributed by atoms with van der Waals surface area (Å²) in [5.74, 6) is -0.651. The summed E-state index contributed by atoms with van der Waals surface area (Å²) in [4.78, 5) is 13.4. The average Bonchev–Trinajstić information content (AvgIpc) is 2.58. The number of amides is 1. The molecule has 0 aliphatic rings. The number of hydrogen-bond acceptors (Lipinski definition) is 5. The van der Waals surface area contributed by atoms with E-state index in [0.717, 1.165) is 11.6 Å². The zero-order valence-corrected chi connectivity index (χ0v) is 16.7. The van der Waals surface area contributed by atoms with Gasteiger partial charge in [0.15, 0.2) is 0 Å². The first-order valence-corrected chi connectivity index (χ1v) is 10.9. The smallest absolute Gasteiger partial charge is 0.266 e. The van der Waals surface area contributed by atoms with Crippen LogP contribution in [0.15, 0.2) is 58.3 Å². The normalized spacial score (nSPS) is 12.6. The Bertz CT molecular complexity index is 1050. The molecule has 146 valence electrons. The second kappa shape index (κ2) is 7.39. The van der Waals surface area contributed by atoms with Crippen molar-refractivity contribution in [3.63, 3.8) is 0 Å². The van der Waals surface area contributed by atoms with Crippen LogP contribution < -0.4 is 15.4 Å². The van der Waals surface area contributed by atoms with Crippen LogP contribution in [-0.2, 0) is 25.5 Å². The topological polar surface area (TPSA) is 135 Å². The molecule has 0 radical (unpaired) electrons. The molecule has 4 N–H and O–H groups in total. The van der Waals surface area contributed by atoms with Crippen LogP contribution in [0.5, 0.6) is 0 Å². The lowest BCUT2D eigenvalue weighted by Crippen LogP contribution is -2.41. The van der Waals surface area contributed by atoms with Crippen molar-refractivity contribution in [1.82, 2.24) is 10.3 Å². The number of hydrogen-bond donors (Lipinski definition) is 3. The Morgan fingerprint density at radius 3 is 2.00 bits per heavy atom. The van der Waals surface area contributed by atoms with Crippen LogP contribution in [0.1, 0.15) is 36.7 Å². The summed E-state index contributed by atoms with van der Waals surface area (Å²) in [6, 6.07) is 11.3. The fourth-order valence-electron chi connectivity index (χ4n) is 2.18. The van der Waals surface area contributed by atoms with Crippen LogP contribution in [0, 0.1) is 0 Å². The first kappa shape index (κ1) is 21.0. The predicted molar refractivity (Wildman–Crippen MR) is 101 cm³/mol. The van der Waals surface area contributed by atoms with Gasteiger partial charge in [-0.25, -0.2) is 22.0 Å². The molecule has 0 spiro atoms. The summed E-state index contributed by atoms with van der Waals surface area (Å²) in [7, 11) is -8.24. The van der Waals surface area contributed by atoms with Gasteiger partial charge in [-0.3, -0.25) is 10.2 Å². The monoisotopic (exact) mass is 411 g/mol. The third-order valence-corrected chi connectivity index (χ3v) is 5.91. The fraction of sp³-hybridized carbons (Fsp3) is 0.235. The van der Waals surface area contributed by atoms with Crippen molar-refractivity contribution in [3.05, 3.63) is 59.7 Å². The fourth-order valence-corrected chi connectivity index (χ4v) is 3.70. The maximum Gasteiger partial charge on any atom is 0.266 e. The van der Waals surface area contributed by atoms with E-state index in [1.165, 1.54) is 18.2 Å². The van der Waals surface area contributed by atoms with Crippen LogP contribution in [0.3, 0.4) is 0 Å². The van der Waals surface area contributed by atoms with Crippen LogP contribution >= 0.6 is 0 Å². The summed E-state index contributed by atoms with van der Waals surface area (Å²) in [6.07, 6.45) is 0. The average molecular weight is 412 g/mol. The molecule has 0 aliphatic carbocycles. The van der Waals surface area contributed by atoms with Gasteiger partial charge in [0.25, 0.3) is 15.9 Å². The Hall–Kier alpha value is -2.27. The van der Waals surface area contributed by atoms with Crippen molar-refractivity contribution in [3.8, 4) is 0 Å². The lowest BCUT2D eigenvalue weighted by atomic mass is 9.87. The van der Waals surface area contributed by atoms with Crippen molar-refractivity contribution < 1.29 is 21.6 Å². The minimum atomic E-state index is -4.18. The molecule has 2 rings (SSSR count). The van der Waals surface area contributed by atoms with Crippen LogP contribution in [0.2, 0.25) is 0 Å². The lowest BCUT2D eigenvalue weighted by molar-refractivity contribution is 0.0945. The first-order chi connectivity index (χ1) is 12.3. The Labute approximate surface area is 158 Å². The maximum absolute atomic E-state index is 12.3. The van der Waals surface area contributed by atoms with Gasteiger partial charge in [-0.05, 0) is 41.3 Å². The van der Waals surface area contributed by atoms with Gasteiger partial charge in [-0.15, -0.1) is 4.83 Å². The summed E-state index contributed by atoms with van der Waals surface area (Å²) in [5, 5.41) is 5.00. The third kappa shape index (κ3) is 5.36. The first-order valence-electron chi connectivity index (χ1n) is 7.86. The molecular weight excluding hydrogens is 390 g/mol. The molecule has 0 bridgehead atoms. The highest BCUT2D eigenvalue weighted by Crippen LogP contribution is 2.22. The van der Waals surface area contributed by atoms with E-state index in [9.17, 15) is 21.6 Å². The molecule has 0 fully saturated rings. The van der Waals surface area contributed by atoms with Crippen molar-refractivity contribution in [1.29, 1.82) is 0 Å². The summed E-state index contributed by atoms with van der Waals surface area (Å²) >= 11 is 0. The zero-order valence-electron chi connectivity index (χ0n) is 15.1. The minimum absolute atomic E-state index is 0.0784. The Kier molecular flexibility index (Phi) is 5.76. The Morgan fingerprint density at radius 1 is 0.926 bits per heavy atom. The molecule has 0 aromatic heterocycles. The van der Waals surface area contributed by atoms with E-state index in [2.05, 4.69) is 5.43 Å². The van der Waals surface area contributed by atoms with Crippen molar-refractivity contribution in [2.24, 2.45) is 5.14 Å². The summed E-state index contributed by atoms with van der Waals surface area (Å²) in [6.45, 7) is 6.10. The minimum Gasteiger partial charge on any atom is -0.273 e. The van der Waals surface area contributed by atoms with Gasteiger partial charge in [-0.1, -0.05) is 39.0 Å². The van der Waals surface area contributed by atoms with Crippen molar-refractivity contribution in [2.45, 2.75) is 36.0 Å². The summed E-state index contributed by atoms with van der Waals surface area (Å²) in [5.41, 5.74) is 3.31. The number of benzene rings is 2. The molecular formula is C17H21N3O5S2. The number of carbonyl (C=O) groups excluding carboxylic acids is 1. The number of nitrogens with one attached hydrogen (secondary N) is 2. The zero-order chi connectivity index (χ0) is 20.5. The van der Waals surface area contributed by atoms with Crippen LogP contribution in [0.25, 0.3) is 0 Å². The molecule has 0 saturated heterocycles. The van der Waals surface area contributed by atoms with Gasteiger partial charge in [0.2, 0.25) is 10.0 Å². The molecule has 0 heterocycles. The van der Waals surface area contributed by atoms with Gasteiger partial charge < -0.3 is 0 Å². The standard InChI is InChI=1S/C17H21N3O5S2/c1-17(2,3)13-9-7-12(8-10-13)16(21)19-20-27(24,25)15-6-4-5-14(11-15)26(18,22)23/h4-11,20H,1-3H3,(H,19,21)(H2,18,22,23). The largest absolute Gasteiger partial charge is 0.273 e. The maximum atomic E-state index is 12.3. The molecule has 8 nitrogen and oxygen atoms in total. The molecule has 10 heteroatoms. The molecule has 27 heavy (non-hydrogen) atoms. The van der Waals surface area contributed by atoms with Gasteiger partial charge in [0, 0.05) is 5.56 Å². The van der Waals surface area contributed by atoms with Crippen molar-refractivity contribution in [2.75, 3.05) is 0 Å². The molecule has 0 saturated carbocycles. The van der Waals surface area contributed by atoms with E-state index in [1.54, 1.807) is 24.3 Å². The molecule has 0 aliphatic heterocycles. The van der Waals surface area contributed by atoms with E-state index in [-0.39, 0.29) is 20.8 Å². The quantitative estimate of drug-likeness (QED) is 0.636. The predicted octanol–water partition coefficient (Wildman–Crippen LogP) is 1.25. The van der Waals surface area contributed by atoms with Gasteiger partial charge in [0.1, 0.15) is 0 Å². The second-order valence-electron chi connectivity index (χ2n) is 6.91. The highest BCUT2D eigenvalue weighted by Gasteiger charge is 2.19. The molecule has 0 unspecified atom stereocenters. The molecule has 1 amide bonds. The Balaban J connectivity index is 2.14. The highest BCUT2D eigenvalue weighted by molar-refractivity contribution is 7.90. The second-order valence-corrected chi connectivity index (χ2v) is 10.2. The van der Waals surface area contributed by atoms with Gasteiger partial charge in [-0.2, -0.15) is 0 Å². The van der Waals surface area contributed by atoms with E-state index in [4.69, 9.17) is 5.14 Å². The van der Waals surface area contributed by atoms with Crippen LogP contribution in [0.4, 0.5) is 0 Å². The van der Waals surface area contributed by atoms with Gasteiger partial charge >= 0.3 is 0 Å². The van der Waals surface area contributed by atoms with E-state index >= 15 is 0 Å². The number of nitrogens with two attached hydrogens (primary N) is 1. The summed E-state index contributed by atoms with van der Waals surface area (Å²) < 4.78 is 47.3. The number of primary sulfonamides is 1. The lowest BCUT2D eigenvalue weighted by Gasteiger charge is -2.19. The Morgan fingerprint density at radius 2 is 1.48 bits per heavy atom. The van der Waals surface area contributed by atoms with Crippen molar-refractivity contribution >= 4 is 26.0 Å². The van der Waals surface area contributed by atoms with Crippen LogP contribution in [-0.4, -0.2) is 22.7 Å². The van der Waals surface area contributed by atoms with E-state index in [0.29, 0.717) is 0 Å². The highest BCUT2D eigenvalue weighted by atomic mass is 32.2. The van der Waals surface area contributed by atoms with Gasteiger partial charge in [0.05, 0.1) is 9.79 Å². The number of rotatable bonds is 5. The third-order valence-electron chi connectivity index (χ3n) is 3.76. The van der Waals surface area contributed by atoms with E-state index in [1.807, 2.05) is 25.6 Å².